The zero-order valence-electron chi connectivity index (χ0n) is 9.26. The molecule has 1 fully saturated rings. The van der Waals surface area contributed by atoms with Crippen molar-refractivity contribution in [2.75, 3.05) is 18.4 Å². The van der Waals surface area contributed by atoms with Crippen LogP contribution in [0.5, 0.6) is 0 Å². The molecule has 0 radical (unpaired) electrons. The Labute approximate surface area is 93.9 Å². The molecule has 1 amide bonds. The van der Waals surface area contributed by atoms with Gasteiger partial charge in [0.2, 0.25) is 5.91 Å². The van der Waals surface area contributed by atoms with Crippen LogP contribution in [-0.2, 0) is 9.53 Å². The van der Waals surface area contributed by atoms with Gasteiger partial charge in [0, 0.05) is 13.1 Å². The average molecular weight is 264 g/mol. The summed E-state index contributed by atoms with van der Waals surface area (Å²) in [5, 5.41) is 0.388. The predicted molar refractivity (Wildman–Crippen MR) is 59.6 cm³/mol. The van der Waals surface area contributed by atoms with Gasteiger partial charge in [-0.05, 0) is 27.7 Å². The standard InChI is InChI=1S/C10H18BrNO2/c1-9(2)6-12(8(13)5-11)7-10(3,4)14-9/h5-7H2,1-4H3. The van der Waals surface area contributed by atoms with Crippen molar-refractivity contribution in [1.82, 2.24) is 4.90 Å². The normalized spacial score (nSPS) is 24.8. The lowest BCUT2D eigenvalue weighted by Gasteiger charge is -2.47. The van der Waals surface area contributed by atoms with Crippen molar-refractivity contribution < 1.29 is 9.53 Å². The summed E-state index contributed by atoms with van der Waals surface area (Å²) in [5.74, 6) is 0.134. The first-order valence-electron chi connectivity index (χ1n) is 4.80. The highest BCUT2D eigenvalue weighted by Gasteiger charge is 2.39. The molecule has 0 unspecified atom stereocenters. The molecule has 1 aliphatic heterocycles. The molecule has 0 bridgehead atoms. The zero-order valence-corrected chi connectivity index (χ0v) is 10.8. The van der Waals surface area contributed by atoms with Gasteiger partial charge in [-0.25, -0.2) is 0 Å². The van der Waals surface area contributed by atoms with E-state index >= 15 is 0 Å². The number of hydrogen-bond donors (Lipinski definition) is 0. The van der Waals surface area contributed by atoms with Crippen molar-refractivity contribution in [2.24, 2.45) is 0 Å². The van der Waals surface area contributed by atoms with Gasteiger partial charge in [-0.15, -0.1) is 0 Å². The van der Waals surface area contributed by atoms with Crippen LogP contribution in [0.15, 0.2) is 0 Å². The second-order valence-corrected chi connectivity index (χ2v) is 5.57. The van der Waals surface area contributed by atoms with Crippen molar-refractivity contribution in [3.8, 4) is 0 Å². The smallest absolute Gasteiger partial charge is 0.233 e. The van der Waals surface area contributed by atoms with Crippen molar-refractivity contribution >= 4 is 21.8 Å². The van der Waals surface area contributed by atoms with Crippen LogP contribution in [0.1, 0.15) is 27.7 Å². The summed E-state index contributed by atoms with van der Waals surface area (Å²) in [6.45, 7) is 9.40. The van der Waals surface area contributed by atoms with E-state index in [1.165, 1.54) is 0 Å². The molecule has 4 heteroatoms. The number of nitrogens with zero attached hydrogens (tertiary/aromatic N) is 1. The van der Waals surface area contributed by atoms with E-state index in [0.29, 0.717) is 18.4 Å². The maximum Gasteiger partial charge on any atom is 0.233 e. The van der Waals surface area contributed by atoms with Crippen LogP contribution in [0.2, 0.25) is 0 Å². The SMILES string of the molecule is CC1(C)CN(C(=O)CBr)CC(C)(C)O1. The third-order valence-corrected chi connectivity index (χ3v) is 2.64. The van der Waals surface area contributed by atoms with Gasteiger partial charge >= 0.3 is 0 Å². The minimum atomic E-state index is -0.250. The molecule has 0 aromatic heterocycles. The van der Waals surface area contributed by atoms with E-state index in [9.17, 15) is 4.79 Å². The number of carbonyl (C=O) groups is 1. The van der Waals surface area contributed by atoms with Gasteiger partial charge in [-0.1, -0.05) is 15.9 Å². The summed E-state index contributed by atoms with van der Waals surface area (Å²) >= 11 is 3.19. The number of alkyl halides is 1. The third kappa shape index (κ3) is 2.95. The van der Waals surface area contributed by atoms with E-state index in [2.05, 4.69) is 15.9 Å². The number of hydrogen-bond acceptors (Lipinski definition) is 2. The van der Waals surface area contributed by atoms with Gasteiger partial charge < -0.3 is 9.64 Å². The molecule has 0 saturated carbocycles. The molecule has 1 rings (SSSR count). The molecule has 1 heterocycles. The number of morpholine rings is 1. The van der Waals surface area contributed by atoms with Crippen LogP contribution in [0.25, 0.3) is 0 Å². The molecule has 0 spiro atoms. The fourth-order valence-electron chi connectivity index (χ4n) is 2.05. The number of amides is 1. The first-order valence-corrected chi connectivity index (χ1v) is 5.92. The third-order valence-electron chi connectivity index (χ3n) is 2.16. The Morgan fingerprint density at radius 2 is 1.71 bits per heavy atom. The zero-order chi connectivity index (χ0) is 11.0. The van der Waals surface area contributed by atoms with Crippen LogP contribution in [0, 0.1) is 0 Å². The van der Waals surface area contributed by atoms with Gasteiger partial charge in [-0.3, -0.25) is 4.79 Å². The molecule has 0 atom stereocenters. The van der Waals surface area contributed by atoms with Crippen molar-refractivity contribution in [2.45, 2.75) is 38.9 Å². The highest BCUT2D eigenvalue weighted by atomic mass is 79.9. The summed E-state index contributed by atoms with van der Waals surface area (Å²) in [7, 11) is 0. The Kier molecular flexibility index (Phi) is 3.26. The fraction of sp³-hybridized carbons (Fsp3) is 0.900. The van der Waals surface area contributed by atoms with Gasteiger partial charge in [0.15, 0.2) is 0 Å². The lowest BCUT2D eigenvalue weighted by molar-refractivity contribution is -0.186. The van der Waals surface area contributed by atoms with E-state index in [4.69, 9.17) is 4.74 Å². The van der Waals surface area contributed by atoms with Crippen molar-refractivity contribution in [1.29, 1.82) is 0 Å². The van der Waals surface area contributed by atoms with Crippen molar-refractivity contribution in [3.63, 3.8) is 0 Å². The Morgan fingerprint density at radius 1 is 1.29 bits per heavy atom. The minimum Gasteiger partial charge on any atom is -0.366 e. The van der Waals surface area contributed by atoms with E-state index in [1.54, 1.807) is 0 Å². The molecule has 0 aromatic carbocycles. The maximum absolute atomic E-state index is 11.6. The summed E-state index contributed by atoms with van der Waals surface area (Å²) in [5.41, 5.74) is -0.501. The second-order valence-electron chi connectivity index (χ2n) is 5.00. The Morgan fingerprint density at radius 3 is 2.07 bits per heavy atom. The lowest BCUT2D eigenvalue weighted by Crippen LogP contribution is -2.58. The highest BCUT2D eigenvalue weighted by Crippen LogP contribution is 2.28. The summed E-state index contributed by atoms with van der Waals surface area (Å²) in [6, 6.07) is 0. The van der Waals surface area contributed by atoms with E-state index in [-0.39, 0.29) is 17.1 Å². The fourth-order valence-corrected chi connectivity index (χ4v) is 2.40. The van der Waals surface area contributed by atoms with Crippen LogP contribution in [0.3, 0.4) is 0 Å². The molecular weight excluding hydrogens is 246 g/mol. The minimum absolute atomic E-state index is 0.134. The molecule has 0 aliphatic carbocycles. The number of rotatable bonds is 1. The monoisotopic (exact) mass is 263 g/mol. The van der Waals surface area contributed by atoms with E-state index < -0.39 is 0 Å². The molecule has 0 aromatic rings. The summed E-state index contributed by atoms with van der Waals surface area (Å²) in [4.78, 5) is 13.4. The quantitative estimate of drug-likeness (QED) is 0.676. The largest absolute Gasteiger partial charge is 0.366 e. The predicted octanol–water partition coefficient (Wildman–Crippen LogP) is 1.80. The van der Waals surface area contributed by atoms with Gasteiger partial charge in [-0.2, -0.15) is 0 Å². The Hall–Kier alpha value is -0.0900. The molecule has 1 saturated heterocycles. The Bertz CT molecular complexity index is 222. The van der Waals surface area contributed by atoms with Crippen LogP contribution >= 0.6 is 15.9 Å². The molecule has 1 aliphatic rings. The first-order chi connectivity index (χ1) is 6.26. The molecule has 3 nitrogen and oxygen atoms in total. The van der Waals surface area contributed by atoms with E-state index in [0.717, 1.165) is 0 Å². The topological polar surface area (TPSA) is 29.5 Å². The number of halogens is 1. The summed E-state index contributed by atoms with van der Waals surface area (Å²) < 4.78 is 5.88. The Balaban J connectivity index is 2.76. The summed E-state index contributed by atoms with van der Waals surface area (Å²) in [6.07, 6.45) is 0. The van der Waals surface area contributed by atoms with Gasteiger partial charge in [0.25, 0.3) is 0 Å². The lowest BCUT2D eigenvalue weighted by atomic mass is 9.99. The van der Waals surface area contributed by atoms with Crippen molar-refractivity contribution in [3.05, 3.63) is 0 Å². The average Bonchev–Trinajstić information content (AvgIpc) is 1.97. The van der Waals surface area contributed by atoms with Gasteiger partial charge in [0.1, 0.15) is 0 Å². The van der Waals surface area contributed by atoms with Crippen LogP contribution in [0.4, 0.5) is 0 Å². The molecule has 14 heavy (non-hydrogen) atoms. The van der Waals surface area contributed by atoms with Crippen LogP contribution < -0.4 is 0 Å². The maximum atomic E-state index is 11.6. The van der Waals surface area contributed by atoms with Gasteiger partial charge in [0.05, 0.1) is 16.5 Å². The second kappa shape index (κ2) is 3.81. The molecule has 0 N–H and O–H groups in total. The molecule has 82 valence electrons. The highest BCUT2D eigenvalue weighted by molar-refractivity contribution is 9.09. The molecular formula is C10H18BrNO2. The number of ether oxygens (including phenoxy) is 1. The van der Waals surface area contributed by atoms with Crippen LogP contribution in [-0.4, -0.2) is 40.4 Å². The van der Waals surface area contributed by atoms with E-state index in [1.807, 2.05) is 32.6 Å². The number of carbonyl (C=O) groups excluding carboxylic acids is 1. The first kappa shape index (κ1) is 12.0.